The van der Waals surface area contributed by atoms with Crippen LogP contribution >= 0.6 is 11.6 Å². The molecule has 2 atom stereocenters. The Morgan fingerprint density at radius 1 is 1.50 bits per heavy atom. The Balaban J connectivity index is 2.59. The maximum atomic E-state index is 12.0. The molecule has 0 bridgehead atoms. The molecule has 6 heteroatoms. The fraction of sp³-hybridized carbons (Fsp3) is 0.500. The van der Waals surface area contributed by atoms with Gasteiger partial charge in [0, 0.05) is 6.20 Å². The van der Waals surface area contributed by atoms with E-state index in [-0.39, 0.29) is 11.3 Å². The Kier molecular flexibility index (Phi) is 4.28. The third-order valence-electron chi connectivity index (χ3n) is 3.06. The minimum atomic E-state index is -0.508. The van der Waals surface area contributed by atoms with Crippen LogP contribution in [0.5, 0.6) is 0 Å². The maximum absolute atomic E-state index is 12.0. The zero-order chi connectivity index (χ0) is 14.9. The largest absolute Gasteiger partial charge is 0.464 e. The smallest absolute Gasteiger partial charge is 0.328 e. The van der Waals surface area contributed by atoms with Crippen LogP contribution in [0.1, 0.15) is 43.6 Å². The van der Waals surface area contributed by atoms with E-state index in [1.807, 2.05) is 19.9 Å². The van der Waals surface area contributed by atoms with Gasteiger partial charge in [0.05, 0.1) is 12.0 Å². The minimum absolute atomic E-state index is 0.312. The van der Waals surface area contributed by atoms with Gasteiger partial charge in [-0.25, -0.2) is 14.8 Å². The Hall–Kier alpha value is -1.62. The van der Waals surface area contributed by atoms with Crippen molar-refractivity contribution in [1.82, 2.24) is 14.5 Å². The molecule has 2 aromatic rings. The average molecular weight is 296 g/mol. The first-order chi connectivity index (χ1) is 9.45. The Bertz CT molecular complexity index is 637. The van der Waals surface area contributed by atoms with Gasteiger partial charge in [0.25, 0.3) is 0 Å². The number of alkyl halides is 1. The van der Waals surface area contributed by atoms with E-state index in [0.29, 0.717) is 18.1 Å². The number of hydrogen-bond acceptors (Lipinski definition) is 4. The number of rotatable bonds is 4. The fourth-order valence-corrected chi connectivity index (χ4v) is 2.28. The highest BCUT2D eigenvalue weighted by Crippen LogP contribution is 2.27. The van der Waals surface area contributed by atoms with Crippen LogP contribution in [0.2, 0.25) is 0 Å². The summed E-state index contributed by atoms with van der Waals surface area (Å²) in [6, 6.07) is 1.42. The van der Waals surface area contributed by atoms with Crippen molar-refractivity contribution in [2.75, 3.05) is 6.61 Å². The van der Waals surface area contributed by atoms with Crippen molar-refractivity contribution in [2.24, 2.45) is 0 Å². The maximum Gasteiger partial charge on any atom is 0.328 e. The van der Waals surface area contributed by atoms with E-state index in [9.17, 15) is 4.79 Å². The van der Waals surface area contributed by atoms with Crippen LogP contribution in [0.25, 0.3) is 11.2 Å². The van der Waals surface area contributed by atoms with Crippen LogP contribution in [-0.2, 0) is 9.53 Å². The third-order valence-corrected chi connectivity index (χ3v) is 3.26. The quantitative estimate of drug-likeness (QED) is 0.642. The van der Waals surface area contributed by atoms with Gasteiger partial charge >= 0.3 is 5.97 Å². The summed E-state index contributed by atoms with van der Waals surface area (Å²) in [5.74, 6) is 0.313. The van der Waals surface area contributed by atoms with E-state index in [2.05, 4.69) is 9.97 Å². The van der Waals surface area contributed by atoms with E-state index in [0.717, 1.165) is 11.1 Å². The molecule has 2 heterocycles. The molecule has 20 heavy (non-hydrogen) atoms. The number of ether oxygens (including phenoxy) is 1. The van der Waals surface area contributed by atoms with Gasteiger partial charge in [-0.1, -0.05) is 0 Å². The van der Waals surface area contributed by atoms with Crippen molar-refractivity contribution in [3.8, 4) is 0 Å². The number of imidazole rings is 1. The summed E-state index contributed by atoms with van der Waals surface area (Å²) in [5.41, 5.74) is 2.40. The number of fused-ring (bicyclic) bond motifs is 1. The molecule has 0 spiro atoms. The van der Waals surface area contributed by atoms with Crippen LogP contribution < -0.4 is 0 Å². The normalized spacial score (nSPS) is 14.2. The van der Waals surface area contributed by atoms with E-state index < -0.39 is 6.04 Å². The molecule has 0 fully saturated rings. The lowest BCUT2D eigenvalue weighted by Crippen LogP contribution is -2.21. The molecule has 2 rings (SSSR count). The second-order valence-corrected chi connectivity index (χ2v) is 5.39. The molecular formula is C14H18ClN3O2. The van der Waals surface area contributed by atoms with Crippen LogP contribution in [0, 0.1) is 6.92 Å². The van der Waals surface area contributed by atoms with Gasteiger partial charge < -0.3 is 4.74 Å². The van der Waals surface area contributed by atoms with Gasteiger partial charge in [0.2, 0.25) is 0 Å². The number of carbonyl (C=O) groups is 1. The van der Waals surface area contributed by atoms with Crippen LogP contribution in [0.15, 0.2) is 12.3 Å². The number of nitrogens with zero attached hydrogens (tertiary/aromatic N) is 3. The molecule has 0 aliphatic rings. The monoisotopic (exact) mass is 295 g/mol. The predicted molar refractivity (Wildman–Crippen MR) is 77.9 cm³/mol. The lowest BCUT2D eigenvalue weighted by molar-refractivity contribution is -0.146. The van der Waals surface area contributed by atoms with Gasteiger partial charge in [-0.15, -0.1) is 11.6 Å². The van der Waals surface area contributed by atoms with Gasteiger partial charge in [-0.05, 0) is 39.3 Å². The summed E-state index contributed by atoms with van der Waals surface area (Å²) >= 11 is 6.18. The summed E-state index contributed by atoms with van der Waals surface area (Å²) in [6.45, 7) is 7.66. The number of halogens is 1. The molecule has 0 radical (unpaired) electrons. The van der Waals surface area contributed by atoms with Crippen molar-refractivity contribution in [3.63, 3.8) is 0 Å². The molecule has 0 aliphatic carbocycles. The molecule has 0 aromatic carbocycles. The van der Waals surface area contributed by atoms with Crippen LogP contribution in [0.4, 0.5) is 0 Å². The number of esters is 1. The Morgan fingerprint density at radius 3 is 2.80 bits per heavy atom. The van der Waals surface area contributed by atoms with Crippen LogP contribution in [-0.4, -0.2) is 27.1 Å². The third kappa shape index (κ3) is 2.63. The summed E-state index contributed by atoms with van der Waals surface area (Å²) in [7, 11) is 0. The number of pyridine rings is 1. The SMILES string of the molecule is CCOC(=O)C(C)n1c(C(C)Cl)nc2cc(C)cnc21. The number of aryl methyl sites for hydroxylation is 1. The summed E-state index contributed by atoms with van der Waals surface area (Å²) < 4.78 is 6.83. The average Bonchev–Trinajstić information content (AvgIpc) is 2.76. The number of carbonyl (C=O) groups excluding carboxylic acids is 1. The van der Waals surface area contributed by atoms with Crippen LogP contribution in [0.3, 0.4) is 0 Å². The summed E-state index contributed by atoms with van der Waals surface area (Å²) in [5, 5.41) is -0.318. The fourth-order valence-electron chi connectivity index (χ4n) is 2.13. The number of aromatic nitrogens is 3. The zero-order valence-corrected chi connectivity index (χ0v) is 12.8. The standard InChI is InChI=1S/C14H18ClN3O2/c1-5-20-14(19)10(4)18-12(9(3)15)17-11-6-8(2)7-16-13(11)18/h6-7,9-10H,5H2,1-4H3. The molecule has 2 unspecified atom stereocenters. The highest BCUT2D eigenvalue weighted by molar-refractivity contribution is 6.20. The van der Waals surface area contributed by atoms with Crippen molar-refractivity contribution < 1.29 is 9.53 Å². The highest BCUT2D eigenvalue weighted by Gasteiger charge is 2.25. The summed E-state index contributed by atoms with van der Waals surface area (Å²) in [4.78, 5) is 20.9. The van der Waals surface area contributed by atoms with E-state index in [4.69, 9.17) is 16.3 Å². The van der Waals surface area contributed by atoms with Gasteiger partial charge in [-0.2, -0.15) is 0 Å². The van der Waals surface area contributed by atoms with Crippen molar-refractivity contribution in [3.05, 3.63) is 23.7 Å². The van der Waals surface area contributed by atoms with E-state index >= 15 is 0 Å². The first kappa shape index (κ1) is 14.8. The van der Waals surface area contributed by atoms with E-state index in [1.54, 1.807) is 24.6 Å². The molecule has 0 aliphatic heterocycles. The van der Waals surface area contributed by atoms with Gasteiger partial charge in [0.1, 0.15) is 17.4 Å². The first-order valence-corrected chi connectivity index (χ1v) is 7.04. The molecule has 0 N–H and O–H groups in total. The molecule has 0 amide bonds. The van der Waals surface area contributed by atoms with E-state index in [1.165, 1.54) is 0 Å². The second kappa shape index (κ2) is 5.79. The number of hydrogen-bond donors (Lipinski definition) is 0. The first-order valence-electron chi connectivity index (χ1n) is 6.60. The topological polar surface area (TPSA) is 57.0 Å². The predicted octanol–water partition coefficient (Wildman–Crippen LogP) is 3.16. The molecular weight excluding hydrogens is 278 g/mol. The van der Waals surface area contributed by atoms with Crippen molar-refractivity contribution in [1.29, 1.82) is 0 Å². The van der Waals surface area contributed by atoms with Gasteiger partial charge in [-0.3, -0.25) is 4.57 Å². The second-order valence-electron chi connectivity index (χ2n) is 4.74. The summed E-state index contributed by atoms with van der Waals surface area (Å²) in [6.07, 6.45) is 1.75. The Morgan fingerprint density at radius 2 is 2.20 bits per heavy atom. The molecule has 5 nitrogen and oxygen atoms in total. The highest BCUT2D eigenvalue weighted by atomic mass is 35.5. The van der Waals surface area contributed by atoms with Crippen molar-refractivity contribution >= 4 is 28.7 Å². The van der Waals surface area contributed by atoms with Crippen molar-refractivity contribution in [2.45, 2.75) is 39.1 Å². The molecule has 0 saturated heterocycles. The lowest BCUT2D eigenvalue weighted by atomic mass is 10.3. The molecule has 108 valence electrons. The zero-order valence-electron chi connectivity index (χ0n) is 12.1. The van der Waals surface area contributed by atoms with Gasteiger partial charge in [0.15, 0.2) is 5.65 Å². The lowest BCUT2D eigenvalue weighted by Gasteiger charge is -2.16. The molecule has 0 saturated carbocycles. The molecule has 2 aromatic heterocycles. The Labute approximate surface area is 122 Å². The minimum Gasteiger partial charge on any atom is -0.464 e.